The number of hydrogen-bond donors (Lipinski definition) is 0. The fourth-order valence-electron chi connectivity index (χ4n) is 3.95. The van der Waals surface area contributed by atoms with Gasteiger partial charge < -0.3 is 9.64 Å². The highest BCUT2D eigenvalue weighted by Gasteiger charge is 2.15. The molecule has 0 N–H and O–H groups in total. The number of hydrogen-bond acceptors (Lipinski definition) is 4. The normalized spacial score (nSPS) is 14.3. The molecule has 0 atom stereocenters. The lowest BCUT2D eigenvalue weighted by Gasteiger charge is -2.27. The highest BCUT2D eigenvalue weighted by molar-refractivity contribution is 5.94. The molecule has 0 spiro atoms. The Bertz CT molecular complexity index is 845. The molecular weight excluding hydrogens is 396 g/mol. The van der Waals surface area contributed by atoms with Crippen LogP contribution in [0.3, 0.4) is 0 Å². The third kappa shape index (κ3) is 8.38. The number of para-hydroxylation sites is 1. The Morgan fingerprint density at radius 1 is 1.00 bits per heavy atom. The van der Waals surface area contributed by atoms with E-state index in [0.29, 0.717) is 0 Å². The monoisotopic (exact) mass is 434 g/mol. The molecule has 4 heteroatoms. The molecule has 0 saturated carbocycles. The lowest BCUT2D eigenvalue weighted by molar-refractivity contribution is -0.138. The number of nitriles is 1. The summed E-state index contributed by atoms with van der Waals surface area (Å²) < 4.78 is 4.94. The number of rotatable bonds is 14. The first kappa shape index (κ1) is 25.5. The van der Waals surface area contributed by atoms with E-state index < -0.39 is 5.97 Å². The number of carbonyl (C=O) groups is 1. The first-order valence-electron chi connectivity index (χ1n) is 12.2. The molecule has 1 aliphatic heterocycles. The number of fused-ring (bicyclic) bond motifs is 1. The molecule has 0 fully saturated rings. The highest BCUT2D eigenvalue weighted by atomic mass is 16.5. The predicted octanol–water partition coefficient (Wildman–Crippen LogP) is 7.34. The van der Waals surface area contributed by atoms with Gasteiger partial charge in [0, 0.05) is 24.0 Å². The topological polar surface area (TPSA) is 53.3 Å². The molecule has 0 aliphatic carbocycles. The van der Waals surface area contributed by atoms with E-state index in [-0.39, 0.29) is 12.2 Å². The molecule has 1 heterocycles. The van der Waals surface area contributed by atoms with Gasteiger partial charge in [-0.3, -0.25) is 0 Å². The molecule has 32 heavy (non-hydrogen) atoms. The minimum absolute atomic E-state index is 0.0121. The van der Waals surface area contributed by atoms with Crippen LogP contribution in [0.2, 0.25) is 0 Å². The average Bonchev–Trinajstić information content (AvgIpc) is 2.81. The number of ether oxygens (including phenoxy) is 1. The summed E-state index contributed by atoms with van der Waals surface area (Å²) in [6.45, 7) is 5.25. The number of carbonyl (C=O) groups excluding carboxylic acids is 1. The van der Waals surface area contributed by atoms with Crippen molar-refractivity contribution in [1.82, 2.24) is 0 Å². The van der Waals surface area contributed by atoms with Gasteiger partial charge in [0.05, 0.1) is 6.61 Å². The third-order valence-corrected chi connectivity index (χ3v) is 5.76. The van der Waals surface area contributed by atoms with E-state index >= 15 is 0 Å². The average molecular weight is 435 g/mol. The van der Waals surface area contributed by atoms with Gasteiger partial charge in [0.25, 0.3) is 0 Å². The molecule has 0 radical (unpaired) electrons. The van der Waals surface area contributed by atoms with Gasteiger partial charge in [0.1, 0.15) is 11.6 Å². The van der Waals surface area contributed by atoms with Gasteiger partial charge in [0.15, 0.2) is 0 Å². The van der Waals surface area contributed by atoms with Gasteiger partial charge in [-0.05, 0) is 37.1 Å². The molecule has 0 bridgehead atoms. The van der Waals surface area contributed by atoms with Crippen LogP contribution in [0.1, 0.15) is 83.6 Å². The first-order chi connectivity index (χ1) is 15.7. The molecule has 2 rings (SSSR count). The summed E-state index contributed by atoms with van der Waals surface area (Å²) in [5.74, 6) is -0.581. The Morgan fingerprint density at radius 3 is 2.31 bits per heavy atom. The molecule has 172 valence electrons. The summed E-state index contributed by atoms with van der Waals surface area (Å²) in [7, 11) is 0. The second kappa shape index (κ2) is 15.1. The zero-order chi connectivity index (χ0) is 23.0. The fourth-order valence-corrected chi connectivity index (χ4v) is 3.95. The SMILES string of the molecule is CCCCCCCCCCCCN1C=C/C(=C\C=C(/C#N)C(=O)OCC)c2ccccc21. The van der Waals surface area contributed by atoms with Crippen LogP contribution in [0.4, 0.5) is 5.69 Å². The van der Waals surface area contributed by atoms with Crippen molar-refractivity contribution in [1.29, 1.82) is 5.26 Å². The van der Waals surface area contributed by atoms with Crippen molar-refractivity contribution in [3.63, 3.8) is 0 Å². The largest absolute Gasteiger partial charge is 0.462 e. The minimum Gasteiger partial charge on any atom is -0.462 e. The van der Waals surface area contributed by atoms with E-state index in [0.717, 1.165) is 17.7 Å². The van der Waals surface area contributed by atoms with Crippen molar-refractivity contribution < 1.29 is 9.53 Å². The van der Waals surface area contributed by atoms with Gasteiger partial charge in [0.2, 0.25) is 0 Å². The first-order valence-corrected chi connectivity index (χ1v) is 12.2. The Kier molecular flexibility index (Phi) is 12.0. The number of allylic oxidation sites excluding steroid dienone is 4. The summed E-state index contributed by atoms with van der Waals surface area (Å²) in [5.41, 5.74) is 3.27. The Balaban J connectivity index is 1.88. The number of esters is 1. The van der Waals surface area contributed by atoms with Crippen LogP contribution in [0.5, 0.6) is 0 Å². The lowest BCUT2D eigenvalue weighted by Crippen LogP contribution is -2.21. The van der Waals surface area contributed by atoms with Crippen molar-refractivity contribution >= 4 is 17.2 Å². The zero-order valence-electron chi connectivity index (χ0n) is 19.8. The van der Waals surface area contributed by atoms with E-state index in [1.54, 1.807) is 13.0 Å². The maximum Gasteiger partial charge on any atom is 0.348 e. The predicted molar refractivity (Wildman–Crippen MR) is 133 cm³/mol. The van der Waals surface area contributed by atoms with Gasteiger partial charge in [-0.1, -0.05) is 89.0 Å². The van der Waals surface area contributed by atoms with Gasteiger partial charge in [-0.15, -0.1) is 0 Å². The molecule has 1 aliphatic rings. The maximum atomic E-state index is 11.8. The molecule has 1 aromatic rings. The van der Waals surface area contributed by atoms with E-state index in [9.17, 15) is 10.1 Å². The van der Waals surface area contributed by atoms with Crippen LogP contribution in [-0.4, -0.2) is 19.1 Å². The van der Waals surface area contributed by atoms with Gasteiger partial charge in [-0.25, -0.2) is 4.79 Å². The smallest absolute Gasteiger partial charge is 0.348 e. The Morgan fingerprint density at radius 2 is 1.66 bits per heavy atom. The van der Waals surface area contributed by atoms with Crippen molar-refractivity contribution in [3.8, 4) is 6.07 Å². The zero-order valence-corrected chi connectivity index (χ0v) is 19.8. The number of unbranched alkanes of at least 4 members (excludes halogenated alkanes) is 9. The van der Waals surface area contributed by atoms with E-state index in [1.165, 1.54) is 69.9 Å². The van der Waals surface area contributed by atoms with Crippen molar-refractivity contribution in [3.05, 3.63) is 59.8 Å². The molecule has 1 aromatic carbocycles. The second-order valence-corrected chi connectivity index (χ2v) is 8.24. The summed E-state index contributed by atoms with van der Waals surface area (Å²) in [6, 6.07) is 10.2. The quantitative estimate of drug-likeness (QED) is 0.133. The second-order valence-electron chi connectivity index (χ2n) is 8.24. The molecule has 0 saturated heterocycles. The Hall–Kier alpha value is -2.80. The molecular formula is C28H38N2O2. The lowest BCUT2D eigenvalue weighted by atomic mass is 9.98. The van der Waals surface area contributed by atoms with Crippen LogP contribution in [0.15, 0.2) is 54.3 Å². The number of anilines is 1. The number of nitrogens with zero attached hydrogens (tertiary/aromatic N) is 2. The van der Waals surface area contributed by atoms with Crippen LogP contribution in [0, 0.1) is 11.3 Å². The fraction of sp³-hybridized carbons (Fsp3) is 0.500. The van der Waals surface area contributed by atoms with Crippen molar-refractivity contribution in [2.45, 2.75) is 78.1 Å². The van der Waals surface area contributed by atoms with Gasteiger partial charge >= 0.3 is 5.97 Å². The summed E-state index contributed by atoms with van der Waals surface area (Å²) in [5, 5.41) is 9.24. The standard InChI is InChI=1S/C28H38N2O2/c1-3-5-6-7-8-9-10-11-12-15-21-30-22-20-24(26-16-13-14-17-27(26)30)18-19-25(23-29)28(31)32-4-2/h13-14,16-20,22H,3-12,15,21H2,1-2H3/b24-18+,25-19+. The van der Waals surface area contributed by atoms with Crippen LogP contribution < -0.4 is 4.90 Å². The molecule has 0 unspecified atom stereocenters. The number of benzene rings is 1. The molecule has 4 nitrogen and oxygen atoms in total. The summed E-state index contributed by atoms with van der Waals surface area (Å²) in [4.78, 5) is 14.2. The third-order valence-electron chi connectivity index (χ3n) is 5.76. The van der Waals surface area contributed by atoms with E-state index in [2.05, 4.69) is 42.3 Å². The van der Waals surface area contributed by atoms with Crippen LogP contribution in [0.25, 0.3) is 5.57 Å². The Labute approximate surface area is 194 Å². The van der Waals surface area contributed by atoms with E-state index in [1.807, 2.05) is 18.2 Å². The van der Waals surface area contributed by atoms with Crippen LogP contribution >= 0.6 is 0 Å². The van der Waals surface area contributed by atoms with Crippen molar-refractivity contribution in [2.24, 2.45) is 0 Å². The minimum atomic E-state index is -0.581. The summed E-state index contributed by atoms with van der Waals surface area (Å²) in [6.07, 6.45) is 20.9. The summed E-state index contributed by atoms with van der Waals surface area (Å²) >= 11 is 0. The highest BCUT2D eigenvalue weighted by Crippen LogP contribution is 2.33. The maximum absolute atomic E-state index is 11.8. The molecule has 0 aromatic heterocycles. The molecule has 0 amide bonds. The van der Waals surface area contributed by atoms with E-state index in [4.69, 9.17) is 4.74 Å². The van der Waals surface area contributed by atoms with Gasteiger partial charge in [-0.2, -0.15) is 5.26 Å². The van der Waals surface area contributed by atoms with Crippen LogP contribution in [-0.2, 0) is 9.53 Å². The van der Waals surface area contributed by atoms with Crippen molar-refractivity contribution in [2.75, 3.05) is 18.1 Å².